The molecule has 0 aliphatic carbocycles. The summed E-state index contributed by atoms with van der Waals surface area (Å²) in [4.78, 5) is 0. The Kier molecular flexibility index (Phi) is 7.08. The van der Waals surface area contributed by atoms with Gasteiger partial charge in [0.15, 0.2) is 0 Å². The lowest BCUT2D eigenvalue weighted by molar-refractivity contribution is 0.382. The molecule has 0 unspecified atom stereocenters. The molecule has 0 aliphatic heterocycles. The maximum Gasteiger partial charge on any atom is 0.218 e. The fourth-order valence-corrected chi connectivity index (χ4v) is 3.84. The summed E-state index contributed by atoms with van der Waals surface area (Å²) < 4.78 is 26.4. The van der Waals surface area contributed by atoms with E-state index in [1.54, 1.807) is 6.08 Å². The third-order valence-corrected chi connectivity index (χ3v) is 5.18. The van der Waals surface area contributed by atoms with Gasteiger partial charge in [0, 0.05) is 19.1 Å². The molecule has 0 fully saturated rings. The van der Waals surface area contributed by atoms with Crippen LogP contribution in [0.5, 0.6) is 0 Å². The predicted molar refractivity (Wildman–Crippen MR) is 88.5 cm³/mol. The molecule has 0 aliphatic rings. The first kappa shape index (κ1) is 17.9. The van der Waals surface area contributed by atoms with E-state index in [0.29, 0.717) is 6.54 Å². The number of benzene rings is 1. The summed E-state index contributed by atoms with van der Waals surface area (Å²) in [7, 11) is -3.32. The third kappa shape index (κ3) is 5.61. The molecule has 0 amide bonds. The molecule has 1 rings (SSSR count). The summed E-state index contributed by atoms with van der Waals surface area (Å²) in [6.45, 7) is 11.5. The first-order valence-corrected chi connectivity index (χ1v) is 8.90. The highest BCUT2D eigenvalue weighted by Gasteiger charge is 2.23. The Hall–Kier alpha value is -1.17. The summed E-state index contributed by atoms with van der Waals surface area (Å²) >= 11 is 0. The van der Waals surface area contributed by atoms with E-state index in [-0.39, 0.29) is 11.8 Å². The van der Waals surface area contributed by atoms with E-state index in [1.807, 2.05) is 38.1 Å². The van der Waals surface area contributed by atoms with Crippen LogP contribution < -0.4 is 5.32 Å². The zero-order valence-corrected chi connectivity index (χ0v) is 14.0. The number of nitrogens with zero attached hydrogens (tertiary/aromatic N) is 1. The molecule has 0 saturated heterocycles. The Morgan fingerprint density at radius 2 is 1.81 bits per heavy atom. The first-order chi connectivity index (χ1) is 9.90. The standard InChI is InChI=1S/C16H26N2O2S/c1-5-11-18(14(3)4)21(19,20)13-16-9-7-15(8-10-16)12-17-6-2/h5,7-10,14,17H,1,6,11-13H2,2-4H3. The van der Waals surface area contributed by atoms with Crippen molar-refractivity contribution in [2.45, 2.75) is 39.1 Å². The van der Waals surface area contributed by atoms with Gasteiger partial charge in [-0.3, -0.25) is 0 Å². The van der Waals surface area contributed by atoms with Crippen molar-refractivity contribution < 1.29 is 8.42 Å². The molecule has 1 aromatic carbocycles. The van der Waals surface area contributed by atoms with Gasteiger partial charge < -0.3 is 5.32 Å². The monoisotopic (exact) mass is 310 g/mol. The lowest BCUT2D eigenvalue weighted by atomic mass is 10.1. The average Bonchev–Trinajstić information content (AvgIpc) is 2.43. The van der Waals surface area contributed by atoms with Crippen LogP contribution in [0, 0.1) is 0 Å². The van der Waals surface area contributed by atoms with Crippen molar-refractivity contribution in [1.29, 1.82) is 0 Å². The number of hydrogen-bond acceptors (Lipinski definition) is 3. The van der Waals surface area contributed by atoms with Crippen LogP contribution in [-0.4, -0.2) is 31.9 Å². The van der Waals surface area contributed by atoms with E-state index in [0.717, 1.165) is 24.2 Å². The van der Waals surface area contributed by atoms with Crippen molar-refractivity contribution in [3.05, 3.63) is 48.0 Å². The van der Waals surface area contributed by atoms with Gasteiger partial charge in [-0.25, -0.2) is 8.42 Å². The number of nitrogens with one attached hydrogen (secondary N) is 1. The van der Waals surface area contributed by atoms with Gasteiger partial charge in [0.05, 0.1) is 5.75 Å². The van der Waals surface area contributed by atoms with Gasteiger partial charge in [-0.1, -0.05) is 37.3 Å². The second kappa shape index (κ2) is 8.32. The second-order valence-electron chi connectivity index (χ2n) is 5.31. The molecule has 0 bridgehead atoms. The molecule has 5 heteroatoms. The first-order valence-electron chi connectivity index (χ1n) is 7.29. The van der Waals surface area contributed by atoms with Gasteiger partial charge >= 0.3 is 0 Å². The minimum atomic E-state index is -3.32. The minimum absolute atomic E-state index is 0.0283. The Bertz CT molecular complexity index is 536. The molecule has 0 saturated carbocycles. The number of sulfonamides is 1. The van der Waals surface area contributed by atoms with Crippen LogP contribution in [0.3, 0.4) is 0 Å². The lowest BCUT2D eigenvalue weighted by Gasteiger charge is -2.24. The van der Waals surface area contributed by atoms with Crippen molar-refractivity contribution in [3.8, 4) is 0 Å². The van der Waals surface area contributed by atoms with Crippen LogP contribution in [0.1, 0.15) is 31.9 Å². The third-order valence-electron chi connectivity index (χ3n) is 3.19. The molecule has 4 nitrogen and oxygen atoms in total. The summed E-state index contributed by atoms with van der Waals surface area (Å²) in [5.74, 6) is 0.0283. The maximum absolute atomic E-state index is 12.5. The zero-order chi connectivity index (χ0) is 15.9. The van der Waals surface area contributed by atoms with Crippen molar-refractivity contribution in [3.63, 3.8) is 0 Å². The quantitative estimate of drug-likeness (QED) is 0.713. The molecule has 1 aromatic rings. The summed E-state index contributed by atoms with van der Waals surface area (Å²) in [5.41, 5.74) is 1.97. The van der Waals surface area contributed by atoms with E-state index in [1.165, 1.54) is 4.31 Å². The van der Waals surface area contributed by atoms with Gasteiger partial charge in [-0.2, -0.15) is 4.31 Å². The highest BCUT2D eigenvalue weighted by Crippen LogP contribution is 2.14. The topological polar surface area (TPSA) is 49.4 Å². The lowest BCUT2D eigenvalue weighted by Crippen LogP contribution is -2.37. The van der Waals surface area contributed by atoms with Crippen LogP contribution in [-0.2, 0) is 22.3 Å². The minimum Gasteiger partial charge on any atom is -0.313 e. The van der Waals surface area contributed by atoms with E-state index >= 15 is 0 Å². The fourth-order valence-electron chi connectivity index (χ4n) is 2.09. The van der Waals surface area contributed by atoms with E-state index in [4.69, 9.17) is 0 Å². The number of rotatable bonds is 9. The molecule has 0 heterocycles. The second-order valence-corrected chi connectivity index (χ2v) is 7.23. The van der Waals surface area contributed by atoms with Gasteiger partial charge in [0.1, 0.15) is 0 Å². The highest BCUT2D eigenvalue weighted by molar-refractivity contribution is 7.88. The van der Waals surface area contributed by atoms with Crippen LogP contribution in [0.15, 0.2) is 36.9 Å². The smallest absolute Gasteiger partial charge is 0.218 e. The Labute approximate surface area is 128 Å². The number of hydrogen-bond donors (Lipinski definition) is 1. The van der Waals surface area contributed by atoms with E-state index < -0.39 is 10.0 Å². The van der Waals surface area contributed by atoms with Crippen molar-refractivity contribution >= 4 is 10.0 Å². The van der Waals surface area contributed by atoms with Crippen molar-refractivity contribution in [1.82, 2.24) is 9.62 Å². The Balaban J connectivity index is 2.80. The Morgan fingerprint density at radius 1 is 1.24 bits per heavy atom. The largest absolute Gasteiger partial charge is 0.313 e. The molecular weight excluding hydrogens is 284 g/mol. The van der Waals surface area contributed by atoms with Crippen molar-refractivity contribution in [2.24, 2.45) is 0 Å². The maximum atomic E-state index is 12.5. The van der Waals surface area contributed by atoms with E-state index in [9.17, 15) is 8.42 Å². The van der Waals surface area contributed by atoms with E-state index in [2.05, 4.69) is 18.8 Å². The summed E-state index contributed by atoms with van der Waals surface area (Å²) in [6.07, 6.45) is 1.62. The molecule has 0 spiro atoms. The van der Waals surface area contributed by atoms with Crippen LogP contribution >= 0.6 is 0 Å². The van der Waals surface area contributed by atoms with Gasteiger partial charge in [-0.15, -0.1) is 6.58 Å². The molecule has 0 aromatic heterocycles. The van der Waals surface area contributed by atoms with Gasteiger partial charge in [0.25, 0.3) is 0 Å². The van der Waals surface area contributed by atoms with Crippen LogP contribution in [0.4, 0.5) is 0 Å². The SMILES string of the molecule is C=CCN(C(C)C)S(=O)(=O)Cc1ccc(CNCC)cc1. The Morgan fingerprint density at radius 3 is 2.29 bits per heavy atom. The molecular formula is C16H26N2O2S. The average molecular weight is 310 g/mol. The van der Waals surface area contributed by atoms with Crippen molar-refractivity contribution in [2.75, 3.05) is 13.1 Å². The van der Waals surface area contributed by atoms with Crippen LogP contribution in [0.2, 0.25) is 0 Å². The van der Waals surface area contributed by atoms with Gasteiger partial charge in [-0.05, 0) is 31.5 Å². The summed E-state index contributed by atoms with van der Waals surface area (Å²) in [5, 5.41) is 3.24. The van der Waals surface area contributed by atoms with Gasteiger partial charge in [0.2, 0.25) is 10.0 Å². The molecule has 0 atom stereocenters. The predicted octanol–water partition coefficient (Wildman–Crippen LogP) is 2.52. The zero-order valence-electron chi connectivity index (χ0n) is 13.2. The highest BCUT2D eigenvalue weighted by atomic mass is 32.2. The molecule has 21 heavy (non-hydrogen) atoms. The molecule has 0 radical (unpaired) electrons. The normalized spacial score (nSPS) is 12.0. The molecule has 1 N–H and O–H groups in total. The van der Waals surface area contributed by atoms with Crippen LogP contribution in [0.25, 0.3) is 0 Å². The fraction of sp³-hybridized carbons (Fsp3) is 0.500. The summed E-state index contributed by atoms with van der Waals surface area (Å²) in [6, 6.07) is 7.65. The molecule has 118 valence electrons.